The maximum Gasteiger partial charge on any atom is 0.259 e. The van der Waals surface area contributed by atoms with Gasteiger partial charge in [0.1, 0.15) is 0 Å². The smallest absolute Gasteiger partial charge is 0.259 e. The summed E-state index contributed by atoms with van der Waals surface area (Å²) in [6.07, 6.45) is 1.51. The van der Waals surface area contributed by atoms with Crippen LogP contribution in [-0.4, -0.2) is 45.9 Å². The van der Waals surface area contributed by atoms with Gasteiger partial charge in [0.05, 0.1) is 34.1 Å². The van der Waals surface area contributed by atoms with Crippen LogP contribution in [-0.2, 0) is 4.79 Å². The van der Waals surface area contributed by atoms with Gasteiger partial charge >= 0.3 is 0 Å². The van der Waals surface area contributed by atoms with E-state index in [1.54, 1.807) is 0 Å². The van der Waals surface area contributed by atoms with Crippen molar-refractivity contribution < 1.29 is 23.8 Å². The zero-order valence-electron chi connectivity index (χ0n) is 15.3. The van der Waals surface area contributed by atoms with Crippen LogP contribution in [0.1, 0.15) is 15.9 Å². The highest BCUT2D eigenvalue weighted by molar-refractivity contribution is 5.97. The van der Waals surface area contributed by atoms with Crippen LogP contribution < -0.4 is 25.0 Å². The Kier molecular flexibility index (Phi) is 7.18. The van der Waals surface area contributed by atoms with Crippen LogP contribution in [0.4, 0.5) is 0 Å². The van der Waals surface area contributed by atoms with Gasteiger partial charge in [-0.2, -0.15) is 5.10 Å². The van der Waals surface area contributed by atoms with Crippen molar-refractivity contribution in [2.45, 2.75) is 0 Å². The van der Waals surface area contributed by atoms with E-state index in [9.17, 15) is 9.59 Å². The monoisotopic (exact) mass is 371 g/mol. The Labute approximate surface area is 157 Å². The zero-order chi connectivity index (χ0) is 19.6. The molecule has 0 aliphatic rings. The van der Waals surface area contributed by atoms with Crippen molar-refractivity contribution >= 4 is 18.0 Å². The van der Waals surface area contributed by atoms with Crippen LogP contribution in [0.3, 0.4) is 0 Å². The lowest BCUT2D eigenvalue weighted by Crippen LogP contribution is -2.34. The minimum absolute atomic E-state index is 0.235. The first-order valence-electron chi connectivity index (χ1n) is 8.04. The second-order valence-electron chi connectivity index (χ2n) is 5.30. The number of carbonyl (C=O) groups excluding carboxylic acids is 2. The molecule has 0 spiro atoms. The van der Waals surface area contributed by atoms with Crippen molar-refractivity contribution in [2.24, 2.45) is 5.10 Å². The van der Waals surface area contributed by atoms with E-state index in [1.807, 2.05) is 30.3 Å². The van der Waals surface area contributed by atoms with E-state index in [0.717, 1.165) is 5.56 Å². The summed E-state index contributed by atoms with van der Waals surface area (Å²) in [4.78, 5) is 24.1. The van der Waals surface area contributed by atoms with Crippen molar-refractivity contribution in [3.05, 3.63) is 53.6 Å². The molecule has 0 aromatic heterocycles. The predicted octanol–water partition coefficient (Wildman–Crippen LogP) is 1.59. The largest absolute Gasteiger partial charge is 0.493 e. The fourth-order valence-electron chi connectivity index (χ4n) is 2.23. The molecule has 0 saturated carbocycles. The van der Waals surface area contributed by atoms with E-state index >= 15 is 0 Å². The van der Waals surface area contributed by atoms with Gasteiger partial charge in [-0.3, -0.25) is 9.59 Å². The lowest BCUT2D eigenvalue weighted by Gasteiger charge is -2.14. The second kappa shape index (κ2) is 9.81. The highest BCUT2D eigenvalue weighted by Gasteiger charge is 2.17. The first-order chi connectivity index (χ1) is 13.1. The van der Waals surface area contributed by atoms with Gasteiger partial charge in [0, 0.05) is 5.56 Å². The van der Waals surface area contributed by atoms with Crippen molar-refractivity contribution in [2.75, 3.05) is 27.9 Å². The van der Waals surface area contributed by atoms with E-state index in [4.69, 9.17) is 14.2 Å². The number of hydrazone groups is 1. The predicted molar refractivity (Wildman–Crippen MR) is 101 cm³/mol. The normalized spacial score (nSPS) is 10.3. The van der Waals surface area contributed by atoms with Crippen LogP contribution in [0.2, 0.25) is 0 Å². The molecule has 8 nitrogen and oxygen atoms in total. The van der Waals surface area contributed by atoms with Crippen molar-refractivity contribution in [1.82, 2.24) is 10.7 Å². The molecule has 0 radical (unpaired) electrons. The molecule has 8 heteroatoms. The third-order valence-electron chi connectivity index (χ3n) is 3.54. The lowest BCUT2D eigenvalue weighted by atomic mass is 10.1. The Balaban J connectivity index is 1.95. The Morgan fingerprint density at radius 2 is 1.63 bits per heavy atom. The first kappa shape index (κ1) is 19.8. The van der Waals surface area contributed by atoms with Gasteiger partial charge in [-0.25, -0.2) is 5.43 Å². The number of methoxy groups -OCH3 is 3. The zero-order valence-corrected chi connectivity index (χ0v) is 15.3. The van der Waals surface area contributed by atoms with Crippen molar-refractivity contribution in [3.8, 4) is 17.2 Å². The van der Waals surface area contributed by atoms with Crippen LogP contribution in [0, 0.1) is 0 Å². The number of nitrogens with zero attached hydrogens (tertiary/aromatic N) is 1. The van der Waals surface area contributed by atoms with Gasteiger partial charge in [0.15, 0.2) is 11.5 Å². The summed E-state index contributed by atoms with van der Waals surface area (Å²) < 4.78 is 15.6. The molecule has 142 valence electrons. The lowest BCUT2D eigenvalue weighted by molar-refractivity contribution is -0.120. The molecule has 0 saturated heterocycles. The average molecular weight is 371 g/mol. The standard InChI is InChI=1S/C19H21N3O5/c1-25-15-9-14(10-16(26-2)18(15)27-3)19(24)20-12-17(23)22-21-11-13-7-5-4-6-8-13/h4-11H,12H2,1-3H3,(H,20,24)(H,22,23)/b21-11-. The van der Waals surface area contributed by atoms with Crippen LogP contribution in [0.25, 0.3) is 0 Å². The Bertz CT molecular complexity index is 796. The minimum atomic E-state index is -0.462. The third kappa shape index (κ3) is 5.46. The average Bonchev–Trinajstić information content (AvgIpc) is 2.71. The molecule has 0 bridgehead atoms. The number of rotatable bonds is 8. The molecule has 27 heavy (non-hydrogen) atoms. The quantitative estimate of drug-likeness (QED) is 0.542. The molecule has 0 atom stereocenters. The van der Waals surface area contributed by atoms with Gasteiger partial charge in [-0.1, -0.05) is 30.3 Å². The Morgan fingerprint density at radius 1 is 1.00 bits per heavy atom. The molecule has 2 aromatic carbocycles. The van der Waals surface area contributed by atoms with Crippen LogP contribution >= 0.6 is 0 Å². The molecule has 2 rings (SSSR count). The van der Waals surface area contributed by atoms with Gasteiger partial charge in [0.25, 0.3) is 11.8 Å². The summed E-state index contributed by atoms with van der Waals surface area (Å²) >= 11 is 0. The van der Waals surface area contributed by atoms with E-state index in [0.29, 0.717) is 17.2 Å². The number of benzene rings is 2. The maximum absolute atomic E-state index is 12.3. The van der Waals surface area contributed by atoms with Gasteiger partial charge in [-0.15, -0.1) is 0 Å². The summed E-state index contributed by atoms with van der Waals surface area (Å²) in [5, 5.41) is 6.35. The third-order valence-corrected chi connectivity index (χ3v) is 3.54. The molecule has 0 aliphatic carbocycles. The van der Waals surface area contributed by atoms with Crippen LogP contribution in [0.15, 0.2) is 47.6 Å². The highest BCUT2D eigenvalue weighted by Crippen LogP contribution is 2.38. The molecule has 2 aromatic rings. The minimum Gasteiger partial charge on any atom is -0.493 e. The second-order valence-corrected chi connectivity index (χ2v) is 5.30. The van der Waals surface area contributed by atoms with Gasteiger partial charge in [-0.05, 0) is 17.7 Å². The van der Waals surface area contributed by atoms with E-state index in [1.165, 1.54) is 39.7 Å². The summed E-state index contributed by atoms with van der Waals surface area (Å²) in [7, 11) is 4.38. The highest BCUT2D eigenvalue weighted by atomic mass is 16.5. The molecule has 2 N–H and O–H groups in total. The molecule has 0 fully saturated rings. The first-order valence-corrected chi connectivity index (χ1v) is 8.04. The number of carbonyl (C=O) groups is 2. The molecule has 0 heterocycles. The summed E-state index contributed by atoms with van der Waals surface area (Å²) in [5.41, 5.74) is 3.46. The molecular weight excluding hydrogens is 350 g/mol. The van der Waals surface area contributed by atoms with E-state index in [2.05, 4.69) is 15.8 Å². The van der Waals surface area contributed by atoms with Gasteiger partial charge < -0.3 is 19.5 Å². The fourth-order valence-corrected chi connectivity index (χ4v) is 2.23. The van der Waals surface area contributed by atoms with E-state index < -0.39 is 11.8 Å². The Morgan fingerprint density at radius 3 is 2.19 bits per heavy atom. The number of hydrogen-bond acceptors (Lipinski definition) is 6. The molecule has 0 aliphatic heterocycles. The summed E-state index contributed by atoms with van der Waals surface area (Å²) in [6, 6.07) is 12.3. The fraction of sp³-hybridized carbons (Fsp3) is 0.211. The van der Waals surface area contributed by atoms with Gasteiger partial charge in [0.2, 0.25) is 5.75 Å². The van der Waals surface area contributed by atoms with Crippen molar-refractivity contribution in [3.63, 3.8) is 0 Å². The molecule has 0 unspecified atom stereocenters. The maximum atomic E-state index is 12.3. The van der Waals surface area contributed by atoms with Crippen molar-refractivity contribution in [1.29, 1.82) is 0 Å². The molecule has 2 amide bonds. The van der Waals surface area contributed by atoms with E-state index in [-0.39, 0.29) is 12.1 Å². The summed E-state index contributed by atoms with van der Waals surface area (Å²) in [5.74, 6) is 0.154. The number of ether oxygens (including phenoxy) is 3. The topological polar surface area (TPSA) is 98.2 Å². The molecular formula is C19H21N3O5. The number of nitrogens with one attached hydrogen (secondary N) is 2. The number of hydrogen-bond donors (Lipinski definition) is 2. The Hall–Kier alpha value is -3.55. The SMILES string of the molecule is COc1cc(C(=O)NCC(=O)N/N=C\c2ccccc2)cc(OC)c1OC. The number of amides is 2. The van der Waals surface area contributed by atoms with Crippen LogP contribution in [0.5, 0.6) is 17.2 Å². The summed E-state index contributed by atoms with van der Waals surface area (Å²) in [6.45, 7) is -0.235.